The maximum atomic E-state index is 13.1. The Morgan fingerprint density at radius 3 is 2.63 bits per heavy atom. The largest absolute Gasteiger partial charge is 0.479 e. The molecule has 4 rings (SSSR count). The van der Waals surface area contributed by atoms with Crippen LogP contribution in [0.1, 0.15) is 15.3 Å². The van der Waals surface area contributed by atoms with E-state index in [1.807, 2.05) is 6.92 Å². The van der Waals surface area contributed by atoms with Crippen molar-refractivity contribution in [2.24, 2.45) is 0 Å². The lowest BCUT2D eigenvalue weighted by Crippen LogP contribution is -2.56. The molecule has 1 aromatic heterocycles. The highest BCUT2D eigenvalue weighted by Gasteiger charge is 2.31. The molecule has 1 aliphatic rings. The first-order chi connectivity index (χ1) is 16.7. The summed E-state index contributed by atoms with van der Waals surface area (Å²) in [5.74, 6) is 0.230. The van der Waals surface area contributed by atoms with Gasteiger partial charge in [-0.25, -0.2) is 13.4 Å². The second-order valence-electron chi connectivity index (χ2n) is 8.08. The van der Waals surface area contributed by atoms with Crippen LogP contribution in [0.15, 0.2) is 58.9 Å². The van der Waals surface area contributed by atoms with Gasteiger partial charge in [0.15, 0.2) is 11.2 Å². The first kappa shape index (κ1) is 25.6. The topological polar surface area (TPSA) is 91.8 Å². The quantitative estimate of drug-likeness (QED) is 0.440. The van der Waals surface area contributed by atoms with Gasteiger partial charge in [-0.2, -0.15) is 0 Å². The second kappa shape index (κ2) is 10.6. The zero-order chi connectivity index (χ0) is 25.2. The molecule has 1 N–H and O–H groups in total. The van der Waals surface area contributed by atoms with E-state index >= 15 is 0 Å². The summed E-state index contributed by atoms with van der Waals surface area (Å²) >= 11 is 13.4. The minimum Gasteiger partial charge on any atom is -0.479 e. The van der Waals surface area contributed by atoms with Gasteiger partial charge < -0.3 is 14.5 Å². The Morgan fingerprint density at radius 2 is 1.97 bits per heavy atom. The number of anilines is 2. The standard InChI is InChI=1S/C23H24Cl2N4O4S2.H2/c1-15-14-28(17-6-8-18(9-7-17)35(31,32)27-23-26-10-13-34-23)11-12-29(15)22(30)16(2)33-20-5-3-4-19(24)21(20)25;/h3-10,13,15-16H,11-12,14H2,1-2H3,(H,26,27);1H/t15-,16?;/m0./s1. The van der Waals surface area contributed by atoms with Crippen LogP contribution in [-0.2, 0) is 14.8 Å². The number of halogens is 2. The monoisotopic (exact) mass is 556 g/mol. The van der Waals surface area contributed by atoms with Crippen LogP contribution in [-0.4, -0.2) is 56.0 Å². The summed E-state index contributed by atoms with van der Waals surface area (Å²) in [5.41, 5.74) is 0.882. The van der Waals surface area contributed by atoms with Crippen molar-refractivity contribution in [2.75, 3.05) is 29.3 Å². The molecular weight excluding hydrogens is 531 g/mol. The molecular formula is C23H26Cl2N4O4S2. The Balaban J connectivity index is 0.00000361. The zero-order valence-electron chi connectivity index (χ0n) is 19.0. The number of nitrogens with zero attached hydrogens (tertiary/aromatic N) is 3. The van der Waals surface area contributed by atoms with Gasteiger partial charge in [-0.05, 0) is 50.2 Å². The molecule has 1 aliphatic heterocycles. The molecule has 188 valence electrons. The molecule has 3 aromatic rings. The van der Waals surface area contributed by atoms with Crippen molar-refractivity contribution in [2.45, 2.75) is 30.9 Å². The van der Waals surface area contributed by atoms with Crippen LogP contribution in [0.5, 0.6) is 5.75 Å². The number of aromatic nitrogens is 1. The number of piperazine rings is 1. The summed E-state index contributed by atoms with van der Waals surface area (Å²) in [7, 11) is -3.71. The van der Waals surface area contributed by atoms with Gasteiger partial charge in [0.25, 0.3) is 15.9 Å². The highest BCUT2D eigenvalue weighted by Crippen LogP contribution is 2.32. The minimum atomic E-state index is -3.71. The van der Waals surface area contributed by atoms with Crippen LogP contribution in [0, 0.1) is 0 Å². The van der Waals surface area contributed by atoms with Crippen molar-refractivity contribution in [3.8, 4) is 5.75 Å². The number of benzene rings is 2. The van der Waals surface area contributed by atoms with E-state index in [1.54, 1.807) is 59.7 Å². The minimum absolute atomic E-state index is 0. The smallest absolute Gasteiger partial charge is 0.263 e. The predicted octanol–water partition coefficient (Wildman–Crippen LogP) is 5.00. The Kier molecular flexibility index (Phi) is 7.75. The molecule has 1 amide bonds. The highest BCUT2D eigenvalue weighted by atomic mass is 35.5. The average molecular weight is 558 g/mol. The number of amides is 1. The number of thiazole rings is 1. The molecule has 1 saturated heterocycles. The van der Waals surface area contributed by atoms with E-state index in [0.29, 0.717) is 35.5 Å². The number of hydrogen-bond acceptors (Lipinski definition) is 7. The number of carbonyl (C=O) groups is 1. The Labute approximate surface area is 220 Å². The summed E-state index contributed by atoms with van der Waals surface area (Å²) in [5, 5.41) is 2.66. The van der Waals surface area contributed by atoms with E-state index in [0.717, 1.165) is 5.69 Å². The van der Waals surface area contributed by atoms with E-state index in [-0.39, 0.29) is 23.3 Å². The van der Waals surface area contributed by atoms with Gasteiger partial charge in [0.05, 0.1) is 9.92 Å². The number of nitrogens with one attached hydrogen (secondary N) is 1. The van der Waals surface area contributed by atoms with Crippen molar-refractivity contribution < 1.29 is 19.4 Å². The van der Waals surface area contributed by atoms with E-state index < -0.39 is 16.1 Å². The molecule has 0 radical (unpaired) electrons. The van der Waals surface area contributed by atoms with Gasteiger partial charge in [0, 0.05) is 44.4 Å². The van der Waals surface area contributed by atoms with Crippen LogP contribution >= 0.6 is 34.5 Å². The first-order valence-electron chi connectivity index (χ1n) is 10.8. The molecule has 0 saturated carbocycles. The number of rotatable bonds is 7. The third-order valence-electron chi connectivity index (χ3n) is 5.64. The fraction of sp³-hybridized carbons (Fsp3) is 0.304. The predicted molar refractivity (Wildman–Crippen MR) is 141 cm³/mol. The normalized spacial score (nSPS) is 17.2. The van der Waals surface area contributed by atoms with Crippen LogP contribution in [0.25, 0.3) is 0 Å². The van der Waals surface area contributed by atoms with Crippen molar-refractivity contribution in [3.05, 3.63) is 64.1 Å². The fourth-order valence-electron chi connectivity index (χ4n) is 3.85. The first-order valence-corrected chi connectivity index (χ1v) is 14.0. The molecule has 8 nitrogen and oxygen atoms in total. The summed E-state index contributed by atoms with van der Waals surface area (Å²) in [4.78, 5) is 21.1. The van der Waals surface area contributed by atoms with Crippen LogP contribution < -0.4 is 14.4 Å². The lowest BCUT2D eigenvalue weighted by Gasteiger charge is -2.41. The zero-order valence-corrected chi connectivity index (χ0v) is 22.2. The molecule has 2 heterocycles. The van der Waals surface area contributed by atoms with Gasteiger partial charge in [-0.3, -0.25) is 9.52 Å². The maximum absolute atomic E-state index is 13.1. The summed E-state index contributed by atoms with van der Waals surface area (Å²) < 4.78 is 33.4. The summed E-state index contributed by atoms with van der Waals surface area (Å²) in [6.45, 7) is 5.37. The summed E-state index contributed by atoms with van der Waals surface area (Å²) in [6, 6.07) is 11.7. The van der Waals surface area contributed by atoms with Crippen molar-refractivity contribution in [3.63, 3.8) is 0 Å². The van der Waals surface area contributed by atoms with Gasteiger partial charge >= 0.3 is 0 Å². The fourth-order valence-corrected chi connectivity index (χ4v) is 5.98. The van der Waals surface area contributed by atoms with Crippen LogP contribution in [0.3, 0.4) is 0 Å². The molecule has 1 unspecified atom stereocenters. The lowest BCUT2D eigenvalue weighted by molar-refractivity contribution is -0.140. The maximum Gasteiger partial charge on any atom is 0.263 e. The Bertz CT molecular complexity index is 1290. The number of sulfonamides is 1. The van der Waals surface area contributed by atoms with Crippen molar-refractivity contribution in [1.29, 1.82) is 0 Å². The molecule has 0 bridgehead atoms. The molecule has 0 aliphatic carbocycles. The Hall–Kier alpha value is -2.53. The third kappa shape index (κ3) is 5.83. The summed E-state index contributed by atoms with van der Waals surface area (Å²) in [6.07, 6.45) is 0.811. The molecule has 2 atom stereocenters. The van der Waals surface area contributed by atoms with Gasteiger partial charge in [-0.15, -0.1) is 11.3 Å². The van der Waals surface area contributed by atoms with E-state index in [1.165, 1.54) is 17.5 Å². The average Bonchev–Trinajstić information content (AvgIpc) is 3.34. The van der Waals surface area contributed by atoms with Crippen molar-refractivity contribution >= 4 is 61.3 Å². The van der Waals surface area contributed by atoms with Crippen LogP contribution in [0.4, 0.5) is 10.8 Å². The molecule has 2 aromatic carbocycles. The molecule has 35 heavy (non-hydrogen) atoms. The SMILES string of the molecule is CC(Oc1cccc(Cl)c1Cl)C(=O)N1CCN(c2ccc(S(=O)(=O)Nc3nccs3)cc2)C[C@@H]1C.[HH]. The number of carbonyl (C=O) groups excluding carboxylic acids is 1. The number of hydrogen-bond donors (Lipinski definition) is 1. The molecule has 0 spiro atoms. The molecule has 12 heteroatoms. The van der Waals surface area contributed by atoms with E-state index in [9.17, 15) is 13.2 Å². The number of ether oxygens (including phenoxy) is 1. The highest BCUT2D eigenvalue weighted by molar-refractivity contribution is 7.93. The van der Waals surface area contributed by atoms with E-state index in [4.69, 9.17) is 27.9 Å². The van der Waals surface area contributed by atoms with E-state index in [2.05, 4.69) is 14.6 Å². The van der Waals surface area contributed by atoms with Crippen LogP contribution in [0.2, 0.25) is 10.0 Å². The van der Waals surface area contributed by atoms with Gasteiger partial charge in [0.1, 0.15) is 10.8 Å². The molecule has 1 fully saturated rings. The van der Waals surface area contributed by atoms with Gasteiger partial charge in [-0.1, -0.05) is 29.3 Å². The second-order valence-corrected chi connectivity index (χ2v) is 11.4. The Morgan fingerprint density at radius 1 is 1.23 bits per heavy atom. The lowest BCUT2D eigenvalue weighted by atomic mass is 10.1. The van der Waals surface area contributed by atoms with Crippen molar-refractivity contribution in [1.82, 2.24) is 9.88 Å². The van der Waals surface area contributed by atoms with Gasteiger partial charge in [0.2, 0.25) is 0 Å². The third-order valence-corrected chi connectivity index (χ3v) is 8.62.